The summed E-state index contributed by atoms with van der Waals surface area (Å²) in [4.78, 5) is 18.3. The third kappa shape index (κ3) is 5.95. The molecule has 12 heteroatoms. The molecule has 2 aromatic heterocycles. The number of hydrogen-bond acceptors (Lipinski definition) is 9. The molecule has 250 valence electrons. The molecule has 0 bridgehead atoms. The Morgan fingerprint density at radius 3 is 2.77 bits per heavy atom. The third-order valence-electron chi connectivity index (χ3n) is 10.0. The normalized spacial score (nSPS) is 23.4. The van der Waals surface area contributed by atoms with Crippen LogP contribution in [0, 0.1) is 11.6 Å². The van der Waals surface area contributed by atoms with Crippen LogP contribution in [0.2, 0.25) is 0 Å². The predicted octanol–water partition coefficient (Wildman–Crippen LogP) is 5.94. The standard InChI is InChI=1S/C35H41F3N6O3/c1-3-25-28(37)8-7-21-14-24(47-20-45-2)15-26(29(21)25)31-30(38)32-27(17-40-31)33(43-11-4-6-23(39)9-13-43)42-34(41-32)46-19-35-10-5-12-44(35)18-22(36)16-35/h7-8,14-15,17,22-23H,3-6,9-13,16,18-20,39H2,1-2H3/t22-,23?,35+/m1/s1. The zero-order chi connectivity index (χ0) is 32.7. The molecule has 0 radical (unpaired) electrons. The molecule has 0 saturated carbocycles. The Labute approximate surface area is 272 Å². The molecule has 3 aliphatic heterocycles. The molecule has 7 rings (SSSR count). The predicted molar refractivity (Wildman–Crippen MR) is 175 cm³/mol. The summed E-state index contributed by atoms with van der Waals surface area (Å²) < 4.78 is 63.8. The molecular formula is C35H41F3N6O3. The number of benzene rings is 2. The van der Waals surface area contributed by atoms with Gasteiger partial charge in [0.15, 0.2) is 12.6 Å². The van der Waals surface area contributed by atoms with E-state index < -0.39 is 17.5 Å². The number of anilines is 1. The second-order valence-corrected chi connectivity index (χ2v) is 13.1. The average molecular weight is 651 g/mol. The smallest absolute Gasteiger partial charge is 0.319 e. The fraction of sp³-hybridized carbons (Fsp3) is 0.514. The lowest BCUT2D eigenvalue weighted by molar-refractivity contribution is 0.0512. The summed E-state index contributed by atoms with van der Waals surface area (Å²) in [5.74, 6) is -0.101. The molecule has 5 heterocycles. The summed E-state index contributed by atoms with van der Waals surface area (Å²) >= 11 is 0. The number of methoxy groups -OCH3 is 1. The Morgan fingerprint density at radius 2 is 1.94 bits per heavy atom. The monoisotopic (exact) mass is 650 g/mol. The van der Waals surface area contributed by atoms with E-state index in [0.29, 0.717) is 71.3 Å². The van der Waals surface area contributed by atoms with E-state index in [-0.39, 0.29) is 42.5 Å². The molecule has 3 atom stereocenters. The van der Waals surface area contributed by atoms with Crippen molar-refractivity contribution in [2.45, 2.75) is 69.6 Å². The highest BCUT2D eigenvalue weighted by Gasteiger charge is 2.49. The summed E-state index contributed by atoms with van der Waals surface area (Å²) in [6.07, 6.45) is 5.76. The fourth-order valence-electron chi connectivity index (χ4n) is 7.73. The summed E-state index contributed by atoms with van der Waals surface area (Å²) in [6, 6.07) is 6.60. The van der Waals surface area contributed by atoms with Crippen LogP contribution in [0.3, 0.4) is 0 Å². The van der Waals surface area contributed by atoms with Crippen molar-refractivity contribution in [3.05, 3.63) is 47.7 Å². The molecule has 1 unspecified atom stereocenters. The molecule has 2 N–H and O–H groups in total. The van der Waals surface area contributed by atoms with Gasteiger partial charge in [-0.2, -0.15) is 9.97 Å². The Kier molecular flexibility index (Phi) is 8.84. The third-order valence-corrected chi connectivity index (χ3v) is 10.0. The number of halogens is 3. The van der Waals surface area contributed by atoms with E-state index >= 15 is 8.78 Å². The molecule has 3 aliphatic rings. The first-order valence-corrected chi connectivity index (χ1v) is 16.6. The van der Waals surface area contributed by atoms with Crippen molar-refractivity contribution in [2.75, 3.05) is 51.6 Å². The van der Waals surface area contributed by atoms with Crippen LogP contribution >= 0.6 is 0 Å². The summed E-state index contributed by atoms with van der Waals surface area (Å²) in [6.45, 7) is 4.61. The van der Waals surface area contributed by atoms with E-state index in [0.717, 1.165) is 38.6 Å². The maximum absolute atomic E-state index is 17.0. The maximum Gasteiger partial charge on any atom is 0.319 e. The Morgan fingerprint density at radius 1 is 1.06 bits per heavy atom. The second kappa shape index (κ2) is 13.0. The average Bonchev–Trinajstić information content (AvgIpc) is 3.50. The van der Waals surface area contributed by atoms with Crippen LogP contribution < -0.4 is 20.1 Å². The van der Waals surface area contributed by atoms with Gasteiger partial charge < -0.3 is 24.8 Å². The van der Waals surface area contributed by atoms with Crippen molar-refractivity contribution < 1.29 is 27.4 Å². The Hall–Kier alpha value is -3.74. The highest BCUT2D eigenvalue weighted by atomic mass is 19.1. The van der Waals surface area contributed by atoms with Gasteiger partial charge in [-0.25, -0.2) is 13.2 Å². The molecule has 0 aliphatic carbocycles. The quantitative estimate of drug-likeness (QED) is 0.221. The zero-order valence-electron chi connectivity index (χ0n) is 26.9. The molecular weight excluding hydrogens is 609 g/mol. The summed E-state index contributed by atoms with van der Waals surface area (Å²) in [5.41, 5.74) is 6.76. The number of hydrogen-bond donors (Lipinski definition) is 1. The molecule has 0 spiro atoms. The Bertz CT molecular complexity index is 1790. The van der Waals surface area contributed by atoms with E-state index in [1.807, 2.05) is 6.92 Å². The number of rotatable bonds is 9. The first-order valence-electron chi connectivity index (χ1n) is 16.6. The minimum atomic E-state index is -0.907. The van der Waals surface area contributed by atoms with E-state index in [4.69, 9.17) is 24.9 Å². The van der Waals surface area contributed by atoms with Crippen LogP contribution in [0.25, 0.3) is 32.9 Å². The van der Waals surface area contributed by atoms with Crippen molar-refractivity contribution in [3.8, 4) is 23.0 Å². The van der Waals surface area contributed by atoms with E-state index in [9.17, 15) is 4.39 Å². The van der Waals surface area contributed by atoms with Gasteiger partial charge >= 0.3 is 6.01 Å². The van der Waals surface area contributed by atoms with Crippen LogP contribution in [-0.2, 0) is 11.2 Å². The fourth-order valence-corrected chi connectivity index (χ4v) is 7.73. The van der Waals surface area contributed by atoms with Gasteiger partial charge in [0, 0.05) is 51.0 Å². The molecule has 3 fully saturated rings. The topological polar surface area (TPSA) is 98.9 Å². The minimum absolute atomic E-state index is 0.00998. The molecule has 47 heavy (non-hydrogen) atoms. The minimum Gasteiger partial charge on any atom is -0.468 e. The van der Waals surface area contributed by atoms with Gasteiger partial charge in [-0.05, 0) is 79.6 Å². The summed E-state index contributed by atoms with van der Waals surface area (Å²) in [5, 5.41) is 1.68. The molecule has 4 aromatic rings. The van der Waals surface area contributed by atoms with E-state index in [2.05, 4.69) is 19.8 Å². The number of ether oxygens (including phenoxy) is 3. The maximum atomic E-state index is 17.0. The van der Waals surface area contributed by atoms with Crippen LogP contribution in [0.1, 0.15) is 51.0 Å². The van der Waals surface area contributed by atoms with Crippen molar-refractivity contribution in [2.24, 2.45) is 5.73 Å². The number of alkyl halides is 1. The van der Waals surface area contributed by atoms with Gasteiger partial charge in [0.25, 0.3) is 0 Å². The molecule has 2 aromatic carbocycles. The van der Waals surface area contributed by atoms with Gasteiger partial charge in [-0.3, -0.25) is 9.88 Å². The van der Waals surface area contributed by atoms with Crippen LogP contribution in [0.5, 0.6) is 11.8 Å². The number of nitrogens with zero attached hydrogens (tertiary/aromatic N) is 5. The number of fused-ring (bicyclic) bond motifs is 3. The van der Waals surface area contributed by atoms with Crippen molar-refractivity contribution in [1.29, 1.82) is 0 Å². The highest BCUT2D eigenvalue weighted by Crippen LogP contribution is 2.42. The molecule has 0 amide bonds. The lowest BCUT2D eigenvalue weighted by atomic mass is 9.94. The van der Waals surface area contributed by atoms with Gasteiger partial charge in [-0.1, -0.05) is 13.0 Å². The van der Waals surface area contributed by atoms with Gasteiger partial charge in [0.1, 0.15) is 41.4 Å². The Balaban J connectivity index is 1.38. The largest absolute Gasteiger partial charge is 0.468 e. The van der Waals surface area contributed by atoms with E-state index in [1.165, 1.54) is 13.2 Å². The highest BCUT2D eigenvalue weighted by molar-refractivity contribution is 6.01. The second-order valence-electron chi connectivity index (χ2n) is 13.1. The first-order chi connectivity index (χ1) is 22.8. The lowest BCUT2D eigenvalue weighted by Crippen LogP contribution is -2.43. The van der Waals surface area contributed by atoms with E-state index in [1.54, 1.807) is 24.4 Å². The summed E-state index contributed by atoms with van der Waals surface area (Å²) in [7, 11) is 1.51. The molecule has 9 nitrogen and oxygen atoms in total. The van der Waals surface area contributed by atoms with Gasteiger partial charge in [-0.15, -0.1) is 0 Å². The van der Waals surface area contributed by atoms with Gasteiger partial charge in [0.2, 0.25) is 0 Å². The van der Waals surface area contributed by atoms with Crippen LogP contribution in [0.4, 0.5) is 19.0 Å². The number of nitrogens with two attached hydrogens (primary N) is 1. The van der Waals surface area contributed by atoms with Crippen molar-refractivity contribution in [1.82, 2.24) is 19.9 Å². The number of aryl methyl sites for hydroxylation is 1. The number of pyridine rings is 1. The first kappa shape index (κ1) is 31.8. The van der Waals surface area contributed by atoms with Crippen LogP contribution in [0.15, 0.2) is 30.5 Å². The van der Waals surface area contributed by atoms with Crippen LogP contribution in [-0.4, -0.2) is 84.3 Å². The lowest BCUT2D eigenvalue weighted by Gasteiger charge is -2.31. The van der Waals surface area contributed by atoms with Crippen molar-refractivity contribution >= 4 is 27.5 Å². The SMILES string of the molecule is CCc1c(F)ccc2cc(OCOC)cc(-c3ncc4c(N5CCCC(N)CC5)nc(OC[C@@]56CCCN5C[C@H](F)C6)nc4c3F)c12. The van der Waals surface area contributed by atoms with Crippen molar-refractivity contribution in [3.63, 3.8) is 0 Å². The zero-order valence-corrected chi connectivity index (χ0v) is 26.9. The number of aromatic nitrogens is 3. The molecule has 3 saturated heterocycles. The van der Waals surface area contributed by atoms with Gasteiger partial charge in [0.05, 0.1) is 10.9 Å².